The molecule has 3 atom stereocenters. The number of benzene rings is 2. The van der Waals surface area contributed by atoms with E-state index in [9.17, 15) is 14.3 Å². The Morgan fingerprint density at radius 1 is 1.15 bits per heavy atom. The standard InChI is InChI=1S/C33H37FN2O4/c1-19-16-36(17-19)18-25-12-23(8-10-26(25)27-14-31(39-3)35-15-28(27)34)29-11-9-21-4-7-24(13-30(21)40-29)32(22-5-6-22)20(2)33(37)38/h4,7-8,10,12-15,19-20,22,29,32H,5-6,9,11,16-18H2,1-3H3,(H,37,38)/t20-,29?,32-/m0/s1. The lowest BCUT2D eigenvalue weighted by Crippen LogP contribution is -2.44. The van der Waals surface area contributed by atoms with Crippen molar-refractivity contribution >= 4 is 5.97 Å². The zero-order chi connectivity index (χ0) is 28.0. The van der Waals surface area contributed by atoms with Gasteiger partial charge < -0.3 is 14.6 Å². The van der Waals surface area contributed by atoms with Crippen molar-refractivity contribution < 1.29 is 23.8 Å². The van der Waals surface area contributed by atoms with E-state index in [0.29, 0.717) is 23.3 Å². The van der Waals surface area contributed by atoms with Crippen LogP contribution in [0, 0.1) is 23.6 Å². The molecule has 1 N–H and O–H groups in total. The lowest BCUT2D eigenvalue weighted by molar-refractivity contribution is -0.142. The topological polar surface area (TPSA) is 71.9 Å². The van der Waals surface area contributed by atoms with Gasteiger partial charge in [-0.1, -0.05) is 44.2 Å². The van der Waals surface area contributed by atoms with E-state index >= 15 is 0 Å². The second kappa shape index (κ2) is 10.8. The highest BCUT2D eigenvalue weighted by Gasteiger charge is 2.39. The lowest BCUT2D eigenvalue weighted by atomic mass is 9.82. The van der Waals surface area contributed by atoms with E-state index in [2.05, 4.69) is 41.1 Å². The van der Waals surface area contributed by atoms with Gasteiger partial charge in [0.2, 0.25) is 5.88 Å². The van der Waals surface area contributed by atoms with Crippen LogP contribution in [0.3, 0.4) is 0 Å². The number of rotatable bonds is 9. The number of nitrogens with zero attached hydrogens (tertiary/aromatic N) is 2. The Labute approximate surface area is 235 Å². The van der Waals surface area contributed by atoms with E-state index in [1.54, 1.807) is 6.07 Å². The summed E-state index contributed by atoms with van der Waals surface area (Å²) in [6, 6.07) is 14.2. The fraction of sp³-hybridized carbons (Fsp3) is 0.455. The summed E-state index contributed by atoms with van der Waals surface area (Å²) >= 11 is 0. The number of carboxylic acid groups (broad SMARTS) is 1. The van der Waals surface area contributed by atoms with Crippen LogP contribution in [0.15, 0.2) is 48.7 Å². The molecule has 1 unspecified atom stereocenters. The van der Waals surface area contributed by atoms with Gasteiger partial charge in [0, 0.05) is 31.3 Å². The highest BCUT2D eigenvalue weighted by molar-refractivity contribution is 5.71. The van der Waals surface area contributed by atoms with Crippen LogP contribution in [0.5, 0.6) is 11.6 Å². The summed E-state index contributed by atoms with van der Waals surface area (Å²) in [5, 5.41) is 9.73. The summed E-state index contributed by atoms with van der Waals surface area (Å²) in [6.45, 7) is 6.85. The third-order valence-electron chi connectivity index (χ3n) is 8.84. The summed E-state index contributed by atoms with van der Waals surface area (Å²) < 4.78 is 26.9. The van der Waals surface area contributed by atoms with Crippen LogP contribution in [0.4, 0.5) is 4.39 Å². The van der Waals surface area contributed by atoms with Gasteiger partial charge in [-0.3, -0.25) is 9.69 Å². The Bertz CT molecular complexity index is 1420. The molecule has 0 radical (unpaired) electrons. The van der Waals surface area contributed by atoms with E-state index in [1.165, 1.54) is 13.3 Å². The normalized spacial score (nSPS) is 20.6. The van der Waals surface area contributed by atoms with Crippen LogP contribution in [0.2, 0.25) is 0 Å². The van der Waals surface area contributed by atoms with Gasteiger partial charge in [-0.25, -0.2) is 9.37 Å². The number of likely N-dealkylation sites (tertiary alicyclic amines) is 1. The molecule has 6 nitrogen and oxygen atoms in total. The molecule has 0 amide bonds. The quantitative estimate of drug-likeness (QED) is 0.326. The number of aromatic nitrogens is 1. The van der Waals surface area contributed by atoms with Crippen LogP contribution in [0.1, 0.15) is 67.4 Å². The molecule has 2 aliphatic heterocycles. The van der Waals surface area contributed by atoms with E-state index in [1.807, 2.05) is 19.1 Å². The number of pyridine rings is 1. The van der Waals surface area contributed by atoms with Crippen molar-refractivity contribution in [1.82, 2.24) is 9.88 Å². The van der Waals surface area contributed by atoms with Gasteiger partial charge in [-0.15, -0.1) is 0 Å². The van der Waals surface area contributed by atoms with E-state index in [0.717, 1.165) is 78.9 Å². The first-order valence-electron chi connectivity index (χ1n) is 14.4. The third-order valence-corrected chi connectivity index (χ3v) is 8.84. The average Bonchev–Trinajstić information content (AvgIpc) is 3.77. The number of hydrogen-bond donors (Lipinski definition) is 1. The van der Waals surface area contributed by atoms with E-state index < -0.39 is 11.9 Å². The van der Waals surface area contributed by atoms with Crippen LogP contribution in [-0.4, -0.2) is 41.2 Å². The summed E-state index contributed by atoms with van der Waals surface area (Å²) in [4.78, 5) is 18.2. The molecule has 1 saturated heterocycles. The molecular weight excluding hydrogens is 507 g/mol. The minimum absolute atomic E-state index is 0.00355. The first kappa shape index (κ1) is 26.8. The summed E-state index contributed by atoms with van der Waals surface area (Å²) in [5.74, 6) is 0.775. The van der Waals surface area contributed by atoms with Crippen molar-refractivity contribution in [3.63, 3.8) is 0 Å². The van der Waals surface area contributed by atoms with Gasteiger partial charge in [-0.05, 0) is 77.3 Å². The molecule has 210 valence electrons. The van der Waals surface area contributed by atoms with Crippen molar-refractivity contribution in [2.45, 2.75) is 58.1 Å². The molecule has 1 aromatic heterocycles. The Morgan fingerprint density at radius 3 is 2.65 bits per heavy atom. The number of aliphatic carboxylic acids is 1. The van der Waals surface area contributed by atoms with Crippen molar-refractivity contribution in [3.8, 4) is 22.8 Å². The van der Waals surface area contributed by atoms with Gasteiger partial charge >= 0.3 is 5.97 Å². The molecule has 40 heavy (non-hydrogen) atoms. The molecule has 6 rings (SSSR count). The van der Waals surface area contributed by atoms with Crippen LogP contribution in [-0.2, 0) is 17.8 Å². The van der Waals surface area contributed by atoms with Crippen LogP contribution >= 0.6 is 0 Å². The first-order chi connectivity index (χ1) is 19.3. The predicted molar refractivity (Wildman–Crippen MR) is 151 cm³/mol. The molecule has 2 fully saturated rings. The molecule has 3 aliphatic rings. The van der Waals surface area contributed by atoms with Crippen LogP contribution in [0.25, 0.3) is 11.1 Å². The second-order valence-electron chi connectivity index (χ2n) is 11.9. The Morgan fingerprint density at radius 2 is 1.95 bits per heavy atom. The summed E-state index contributed by atoms with van der Waals surface area (Å²) in [7, 11) is 1.54. The Balaban J connectivity index is 1.31. The van der Waals surface area contributed by atoms with E-state index in [4.69, 9.17) is 9.47 Å². The number of ether oxygens (including phenoxy) is 2. The van der Waals surface area contributed by atoms with Crippen LogP contribution < -0.4 is 9.47 Å². The number of hydrogen-bond acceptors (Lipinski definition) is 5. The number of halogens is 1. The lowest BCUT2D eigenvalue weighted by Gasteiger charge is -2.38. The zero-order valence-corrected chi connectivity index (χ0v) is 23.4. The number of aryl methyl sites for hydroxylation is 1. The van der Waals surface area contributed by atoms with Crippen molar-refractivity contribution in [3.05, 3.63) is 76.7 Å². The summed E-state index contributed by atoms with van der Waals surface area (Å²) in [5.41, 5.74) is 5.68. The zero-order valence-electron chi connectivity index (χ0n) is 23.4. The van der Waals surface area contributed by atoms with Gasteiger partial charge in [0.05, 0.1) is 19.2 Å². The average molecular weight is 545 g/mol. The van der Waals surface area contributed by atoms with Crippen molar-refractivity contribution in [2.75, 3.05) is 20.2 Å². The maximum absolute atomic E-state index is 15.0. The largest absolute Gasteiger partial charge is 0.485 e. The van der Waals surface area contributed by atoms with Gasteiger partial charge in [0.25, 0.3) is 0 Å². The minimum Gasteiger partial charge on any atom is -0.485 e. The minimum atomic E-state index is -0.749. The Hall–Kier alpha value is -3.45. The number of carboxylic acids is 1. The Kier molecular flexibility index (Phi) is 7.26. The summed E-state index contributed by atoms with van der Waals surface area (Å²) in [6.07, 6.45) is 4.99. The third kappa shape index (κ3) is 5.31. The number of methoxy groups -OCH3 is 1. The molecule has 3 heterocycles. The molecule has 0 bridgehead atoms. The van der Waals surface area contributed by atoms with Crippen molar-refractivity contribution in [1.29, 1.82) is 0 Å². The molecule has 1 saturated carbocycles. The maximum atomic E-state index is 15.0. The van der Waals surface area contributed by atoms with Gasteiger partial charge in [0.15, 0.2) is 0 Å². The fourth-order valence-corrected chi connectivity index (χ4v) is 6.55. The molecule has 1 aliphatic carbocycles. The number of fused-ring (bicyclic) bond motifs is 1. The van der Waals surface area contributed by atoms with Gasteiger partial charge in [0.1, 0.15) is 17.7 Å². The molecule has 0 spiro atoms. The monoisotopic (exact) mass is 544 g/mol. The fourth-order valence-electron chi connectivity index (χ4n) is 6.55. The van der Waals surface area contributed by atoms with E-state index in [-0.39, 0.29) is 17.8 Å². The molecular formula is C33H37FN2O4. The molecule has 3 aromatic rings. The highest BCUT2D eigenvalue weighted by atomic mass is 19.1. The first-order valence-corrected chi connectivity index (χ1v) is 14.4. The second-order valence-corrected chi connectivity index (χ2v) is 11.9. The SMILES string of the molecule is COc1cc(-c2ccc(C3CCc4ccc([C@H](C5CC5)[C@H](C)C(=O)O)cc4O3)cc2CN2CC(C)C2)c(F)cn1. The number of carbonyl (C=O) groups is 1. The predicted octanol–water partition coefficient (Wildman–Crippen LogP) is 6.63. The van der Waals surface area contributed by atoms with Gasteiger partial charge in [-0.2, -0.15) is 0 Å². The maximum Gasteiger partial charge on any atom is 0.306 e. The highest BCUT2D eigenvalue weighted by Crippen LogP contribution is 2.48. The molecule has 7 heteroatoms. The van der Waals surface area contributed by atoms with Crippen molar-refractivity contribution in [2.24, 2.45) is 17.8 Å². The smallest absolute Gasteiger partial charge is 0.306 e. The molecule has 2 aromatic carbocycles.